The van der Waals surface area contributed by atoms with Crippen LogP contribution in [0.1, 0.15) is 47.7 Å². The van der Waals surface area contributed by atoms with E-state index < -0.39 is 17.9 Å². The molecule has 0 unspecified atom stereocenters. The number of rotatable bonds is 7. The zero-order valence-corrected chi connectivity index (χ0v) is 20.2. The Morgan fingerprint density at radius 3 is 2.57 bits per heavy atom. The van der Waals surface area contributed by atoms with Crippen LogP contribution in [0.25, 0.3) is 11.1 Å². The minimum atomic E-state index is -0.833. The number of piperidine rings is 1. The van der Waals surface area contributed by atoms with Crippen molar-refractivity contribution in [2.75, 3.05) is 11.9 Å². The molecule has 7 nitrogen and oxygen atoms in total. The number of benzene rings is 2. The van der Waals surface area contributed by atoms with Gasteiger partial charge in [0.1, 0.15) is 11.6 Å². The van der Waals surface area contributed by atoms with E-state index in [-0.39, 0.29) is 11.1 Å². The van der Waals surface area contributed by atoms with Gasteiger partial charge in [-0.25, -0.2) is 0 Å². The van der Waals surface area contributed by atoms with Crippen molar-refractivity contribution in [3.63, 3.8) is 0 Å². The van der Waals surface area contributed by atoms with Gasteiger partial charge in [-0.2, -0.15) is 0 Å². The fourth-order valence-corrected chi connectivity index (χ4v) is 4.77. The molecule has 1 aliphatic heterocycles. The predicted octanol–water partition coefficient (Wildman–Crippen LogP) is 4.54. The van der Waals surface area contributed by atoms with Gasteiger partial charge in [-0.1, -0.05) is 48.9 Å². The van der Waals surface area contributed by atoms with Crippen molar-refractivity contribution in [3.8, 4) is 11.1 Å². The Morgan fingerprint density at radius 1 is 1.09 bits per heavy atom. The molecule has 1 saturated heterocycles. The smallest absolute Gasteiger partial charge is 0.320 e. The Kier molecular flexibility index (Phi) is 7.46. The number of carbonyl (C=O) groups excluding carboxylic acids is 1. The Bertz CT molecular complexity index is 1280. The third-order valence-electron chi connectivity index (χ3n) is 6.68. The number of hydrogen-bond acceptors (Lipinski definition) is 4. The highest BCUT2D eigenvalue weighted by atomic mass is 16.4. The standard InChI is InChI=1S/C28H31N3O4/c1-3-30-17-20(18-31-15-8-7-14-25(31)28(34)35)16-23(27(30)33)26(32)29-24-13-9-12-22(19(24)2)21-10-5-4-6-11-21/h4-6,9-13,16-17,25H,3,7-8,14-15,18H2,1-2H3,(H,29,32)(H,34,35)/t25-/m0/s1. The van der Waals surface area contributed by atoms with Gasteiger partial charge in [0, 0.05) is 25.0 Å². The molecule has 1 aromatic heterocycles. The molecule has 4 rings (SSSR count). The van der Waals surface area contributed by atoms with Crippen molar-refractivity contribution in [2.24, 2.45) is 0 Å². The summed E-state index contributed by atoms with van der Waals surface area (Å²) in [5.74, 6) is -1.30. The maximum Gasteiger partial charge on any atom is 0.320 e. The first-order valence-electron chi connectivity index (χ1n) is 12.1. The molecular weight excluding hydrogens is 442 g/mol. The minimum Gasteiger partial charge on any atom is -0.480 e. The lowest BCUT2D eigenvalue weighted by atomic mass is 9.99. The first kappa shape index (κ1) is 24.4. The molecule has 1 aliphatic rings. The molecule has 1 atom stereocenters. The highest BCUT2D eigenvalue weighted by Crippen LogP contribution is 2.28. The number of aliphatic carboxylic acids is 1. The third kappa shape index (κ3) is 5.35. The van der Waals surface area contributed by atoms with E-state index in [0.29, 0.717) is 31.7 Å². The first-order valence-corrected chi connectivity index (χ1v) is 12.1. The van der Waals surface area contributed by atoms with Gasteiger partial charge < -0.3 is 15.0 Å². The fraction of sp³-hybridized carbons (Fsp3) is 0.321. The number of carbonyl (C=O) groups is 2. The number of likely N-dealkylation sites (tertiary alicyclic amines) is 1. The Balaban J connectivity index is 1.63. The average molecular weight is 474 g/mol. The van der Waals surface area contributed by atoms with Crippen LogP contribution in [0, 0.1) is 6.92 Å². The van der Waals surface area contributed by atoms with Crippen LogP contribution >= 0.6 is 0 Å². The van der Waals surface area contributed by atoms with E-state index in [1.54, 1.807) is 12.3 Å². The van der Waals surface area contributed by atoms with Gasteiger partial charge in [-0.05, 0) is 67.6 Å². The molecule has 0 spiro atoms. The summed E-state index contributed by atoms with van der Waals surface area (Å²) in [5, 5.41) is 12.5. The number of pyridine rings is 1. The number of amides is 1. The number of anilines is 1. The lowest BCUT2D eigenvalue weighted by Gasteiger charge is -2.33. The summed E-state index contributed by atoms with van der Waals surface area (Å²) >= 11 is 0. The van der Waals surface area contributed by atoms with Crippen LogP contribution in [0.4, 0.5) is 5.69 Å². The van der Waals surface area contributed by atoms with Crippen molar-refractivity contribution in [2.45, 2.75) is 52.2 Å². The highest BCUT2D eigenvalue weighted by molar-refractivity contribution is 6.05. The Morgan fingerprint density at radius 2 is 1.86 bits per heavy atom. The lowest BCUT2D eigenvalue weighted by Crippen LogP contribution is -2.44. The molecule has 1 amide bonds. The summed E-state index contributed by atoms with van der Waals surface area (Å²) < 4.78 is 1.51. The molecule has 0 saturated carbocycles. The number of aromatic nitrogens is 1. The summed E-state index contributed by atoms with van der Waals surface area (Å²) in [4.78, 5) is 39.9. The molecule has 35 heavy (non-hydrogen) atoms. The van der Waals surface area contributed by atoms with Crippen LogP contribution in [0.5, 0.6) is 0 Å². The second-order valence-corrected chi connectivity index (χ2v) is 8.97. The summed E-state index contributed by atoms with van der Waals surface area (Å²) in [7, 11) is 0. The van der Waals surface area contributed by atoms with Crippen molar-refractivity contribution < 1.29 is 14.7 Å². The third-order valence-corrected chi connectivity index (χ3v) is 6.68. The van der Waals surface area contributed by atoms with E-state index in [1.165, 1.54) is 4.57 Å². The summed E-state index contributed by atoms with van der Waals surface area (Å²) in [6.07, 6.45) is 4.15. The predicted molar refractivity (Wildman–Crippen MR) is 137 cm³/mol. The fourth-order valence-electron chi connectivity index (χ4n) is 4.77. The van der Waals surface area contributed by atoms with Crippen molar-refractivity contribution >= 4 is 17.6 Å². The van der Waals surface area contributed by atoms with Crippen LogP contribution in [0.2, 0.25) is 0 Å². The number of aryl methyl sites for hydroxylation is 1. The number of nitrogens with zero attached hydrogens (tertiary/aromatic N) is 2. The van der Waals surface area contributed by atoms with Gasteiger partial charge in [0.2, 0.25) is 0 Å². The zero-order chi connectivity index (χ0) is 24.9. The number of hydrogen-bond donors (Lipinski definition) is 2. The van der Waals surface area contributed by atoms with Gasteiger partial charge in [0.05, 0.1) is 0 Å². The molecule has 3 aromatic rings. The number of nitrogens with one attached hydrogen (secondary N) is 1. The molecule has 0 radical (unpaired) electrons. The topological polar surface area (TPSA) is 91.6 Å². The van der Waals surface area contributed by atoms with Crippen molar-refractivity contribution in [1.29, 1.82) is 0 Å². The van der Waals surface area contributed by atoms with E-state index in [2.05, 4.69) is 5.32 Å². The molecule has 2 heterocycles. The van der Waals surface area contributed by atoms with Crippen LogP contribution < -0.4 is 10.9 Å². The number of carboxylic acid groups (broad SMARTS) is 1. The van der Waals surface area contributed by atoms with Crippen molar-refractivity contribution in [1.82, 2.24) is 9.47 Å². The van der Waals surface area contributed by atoms with E-state index in [1.807, 2.05) is 67.3 Å². The second-order valence-electron chi connectivity index (χ2n) is 8.97. The van der Waals surface area contributed by atoms with E-state index >= 15 is 0 Å². The minimum absolute atomic E-state index is 0.0535. The van der Waals surface area contributed by atoms with Crippen LogP contribution in [0.15, 0.2) is 65.6 Å². The molecular formula is C28H31N3O4. The Labute approximate surface area is 205 Å². The first-order chi connectivity index (χ1) is 16.9. The van der Waals surface area contributed by atoms with Gasteiger partial charge in [-0.3, -0.25) is 19.3 Å². The molecule has 1 fully saturated rings. The molecule has 0 aliphatic carbocycles. The van der Waals surface area contributed by atoms with Gasteiger partial charge >= 0.3 is 5.97 Å². The van der Waals surface area contributed by atoms with E-state index in [0.717, 1.165) is 35.1 Å². The van der Waals surface area contributed by atoms with Gasteiger partial charge in [0.25, 0.3) is 11.5 Å². The number of carboxylic acids is 1. The second kappa shape index (κ2) is 10.7. The van der Waals surface area contributed by atoms with E-state index in [9.17, 15) is 19.5 Å². The maximum atomic E-state index is 13.3. The molecule has 182 valence electrons. The summed E-state index contributed by atoms with van der Waals surface area (Å²) in [5.41, 5.74) is 4.05. The maximum absolute atomic E-state index is 13.3. The molecule has 0 bridgehead atoms. The Hall–Kier alpha value is -3.71. The van der Waals surface area contributed by atoms with E-state index in [4.69, 9.17) is 0 Å². The van der Waals surface area contributed by atoms with Gasteiger partial charge in [0.15, 0.2) is 0 Å². The summed E-state index contributed by atoms with van der Waals surface area (Å²) in [6, 6.07) is 16.7. The highest BCUT2D eigenvalue weighted by Gasteiger charge is 2.28. The van der Waals surface area contributed by atoms with Crippen LogP contribution in [0.3, 0.4) is 0 Å². The monoisotopic (exact) mass is 473 g/mol. The van der Waals surface area contributed by atoms with Crippen LogP contribution in [-0.4, -0.2) is 39.0 Å². The largest absolute Gasteiger partial charge is 0.480 e. The summed E-state index contributed by atoms with van der Waals surface area (Å²) in [6.45, 7) is 5.26. The van der Waals surface area contributed by atoms with Crippen LogP contribution in [-0.2, 0) is 17.9 Å². The van der Waals surface area contributed by atoms with Gasteiger partial charge in [-0.15, -0.1) is 0 Å². The molecule has 2 aromatic carbocycles. The molecule has 7 heteroatoms. The quantitative estimate of drug-likeness (QED) is 0.526. The lowest BCUT2D eigenvalue weighted by molar-refractivity contribution is -0.144. The average Bonchev–Trinajstić information content (AvgIpc) is 2.87. The SMILES string of the molecule is CCn1cc(CN2CCCC[C@H]2C(=O)O)cc(C(=O)Nc2cccc(-c3ccccc3)c2C)c1=O. The normalized spacial score (nSPS) is 16.1. The zero-order valence-electron chi connectivity index (χ0n) is 20.2. The van der Waals surface area contributed by atoms with Crippen molar-refractivity contribution in [3.05, 3.63) is 87.8 Å². The molecule has 2 N–H and O–H groups in total.